The molecule has 0 N–H and O–H groups in total. The lowest BCUT2D eigenvalue weighted by Gasteiger charge is -2.27. The number of hydrogen-bond donors (Lipinski definition) is 0. The normalized spacial score (nSPS) is 19.4. The van der Waals surface area contributed by atoms with E-state index in [2.05, 4.69) is 4.98 Å². The third kappa shape index (κ3) is 6.93. The predicted molar refractivity (Wildman–Crippen MR) is 143 cm³/mol. The third-order valence-electron chi connectivity index (χ3n) is 7.25. The highest BCUT2D eigenvalue weighted by Crippen LogP contribution is 2.24. The smallest absolute Gasteiger partial charge is 0.228 e. The van der Waals surface area contributed by atoms with Gasteiger partial charge in [-0.25, -0.2) is 17.8 Å². The topological polar surface area (TPSA) is 90.7 Å². The molecule has 0 bridgehead atoms. The van der Waals surface area contributed by atoms with Gasteiger partial charge in [0.25, 0.3) is 0 Å². The quantitative estimate of drug-likeness (QED) is 0.356. The van der Waals surface area contributed by atoms with Crippen LogP contribution in [0.1, 0.15) is 42.5 Å². The predicted octanol–water partition coefficient (Wildman–Crippen LogP) is 3.93. The van der Waals surface area contributed by atoms with Crippen LogP contribution in [0, 0.1) is 5.82 Å². The average molecular weight is 556 g/mol. The molecular weight excluding hydrogens is 521 g/mol. The number of imidazole rings is 1. The lowest BCUT2D eigenvalue weighted by molar-refractivity contribution is -0.132. The summed E-state index contributed by atoms with van der Waals surface area (Å²) in [5, 5.41) is -0.135. The Morgan fingerprint density at radius 3 is 2.38 bits per heavy atom. The molecule has 2 atom stereocenters. The summed E-state index contributed by atoms with van der Waals surface area (Å²) in [6.45, 7) is 2.17. The maximum Gasteiger partial charge on any atom is 0.228 e. The number of carbonyl (C=O) groups is 1. The summed E-state index contributed by atoms with van der Waals surface area (Å²) in [5.41, 5.74) is 1.58. The van der Waals surface area contributed by atoms with E-state index in [0.29, 0.717) is 32.0 Å². The molecule has 3 aromatic rings. The van der Waals surface area contributed by atoms with Gasteiger partial charge in [-0.15, -0.1) is 0 Å². The van der Waals surface area contributed by atoms with Crippen LogP contribution in [0.15, 0.2) is 66.0 Å². The van der Waals surface area contributed by atoms with E-state index in [-0.39, 0.29) is 41.8 Å². The van der Waals surface area contributed by atoms with E-state index in [1.54, 1.807) is 15.5 Å². The Kier molecular flexibility index (Phi) is 8.74. The molecule has 2 aromatic carbocycles. The van der Waals surface area contributed by atoms with Crippen LogP contribution in [-0.2, 0) is 49.4 Å². The maximum atomic E-state index is 14.3. The number of benzene rings is 2. The summed E-state index contributed by atoms with van der Waals surface area (Å²) in [4.78, 5) is 19.5. The molecule has 2 fully saturated rings. The first kappa shape index (κ1) is 27.5. The van der Waals surface area contributed by atoms with Gasteiger partial charge < -0.3 is 18.9 Å². The van der Waals surface area contributed by atoms with Crippen molar-refractivity contribution in [2.24, 2.45) is 0 Å². The number of hydrogen-bond acceptors (Lipinski definition) is 6. The number of sulfone groups is 1. The molecule has 1 aromatic heterocycles. The summed E-state index contributed by atoms with van der Waals surface area (Å²) in [6.07, 6.45) is 5.03. The zero-order valence-corrected chi connectivity index (χ0v) is 22.7. The van der Waals surface area contributed by atoms with Crippen molar-refractivity contribution in [1.82, 2.24) is 14.5 Å². The molecule has 5 rings (SSSR count). The number of nitrogens with zero attached hydrogens (tertiary/aromatic N) is 3. The van der Waals surface area contributed by atoms with Crippen molar-refractivity contribution in [3.8, 4) is 0 Å². The van der Waals surface area contributed by atoms with Gasteiger partial charge in [0, 0.05) is 25.3 Å². The molecule has 2 aliphatic heterocycles. The van der Waals surface area contributed by atoms with Gasteiger partial charge >= 0.3 is 0 Å². The van der Waals surface area contributed by atoms with E-state index in [9.17, 15) is 17.6 Å². The van der Waals surface area contributed by atoms with Crippen molar-refractivity contribution in [2.45, 2.75) is 68.3 Å². The molecule has 2 aliphatic rings. The highest BCUT2D eigenvalue weighted by Gasteiger charge is 2.30. The molecule has 0 unspecified atom stereocenters. The molecule has 2 saturated heterocycles. The van der Waals surface area contributed by atoms with Crippen molar-refractivity contribution >= 4 is 15.7 Å². The fraction of sp³-hybridized carbons (Fsp3) is 0.448. The minimum atomic E-state index is -3.99. The molecule has 208 valence electrons. The summed E-state index contributed by atoms with van der Waals surface area (Å²) >= 11 is 0. The van der Waals surface area contributed by atoms with E-state index in [1.165, 1.54) is 24.4 Å². The Morgan fingerprint density at radius 1 is 1.00 bits per heavy atom. The molecule has 8 nitrogen and oxygen atoms in total. The minimum Gasteiger partial charge on any atom is -0.376 e. The molecule has 39 heavy (non-hydrogen) atoms. The first-order valence-electron chi connectivity index (χ1n) is 13.4. The second-order valence-corrected chi connectivity index (χ2v) is 12.1. The van der Waals surface area contributed by atoms with E-state index in [1.807, 2.05) is 30.3 Å². The van der Waals surface area contributed by atoms with Gasteiger partial charge in [-0.2, -0.15) is 0 Å². The number of amides is 1. The molecule has 10 heteroatoms. The van der Waals surface area contributed by atoms with Crippen LogP contribution in [0.3, 0.4) is 0 Å². The SMILES string of the molecule is O=C(Cc1ccccc1)N(Cc1cnc(S(=O)(=O)Cc2ccccc2F)n1C[C@@H]1CCCO1)C[C@@H]1CCCO1. The lowest BCUT2D eigenvalue weighted by Crippen LogP contribution is -2.38. The van der Waals surface area contributed by atoms with Gasteiger partial charge in [0.05, 0.1) is 49.4 Å². The summed E-state index contributed by atoms with van der Waals surface area (Å²) in [7, 11) is -3.99. The molecule has 0 aliphatic carbocycles. The zero-order valence-electron chi connectivity index (χ0n) is 21.9. The summed E-state index contributed by atoms with van der Waals surface area (Å²) in [5.74, 6) is -1.15. The largest absolute Gasteiger partial charge is 0.376 e. The second kappa shape index (κ2) is 12.4. The number of carbonyl (C=O) groups excluding carboxylic acids is 1. The first-order chi connectivity index (χ1) is 18.9. The van der Waals surface area contributed by atoms with Crippen molar-refractivity contribution in [3.05, 3.63) is 83.4 Å². The molecule has 0 radical (unpaired) electrons. The maximum absolute atomic E-state index is 14.3. The Bertz CT molecular complexity index is 1370. The van der Waals surface area contributed by atoms with Crippen molar-refractivity contribution in [3.63, 3.8) is 0 Å². The van der Waals surface area contributed by atoms with E-state index in [0.717, 1.165) is 31.2 Å². The minimum absolute atomic E-state index is 0.0662. The number of ether oxygens (including phenoxy) is 2. The van der Waals surface area contributed by atoms with Gasteiger partial charge in [0.1, 0.15) is 5.82 Å². The number of aromatic nitrogens is 2. The number of rotatable bonds is 11. The lowest BCUT2D eigenvalue weighted by atomic mass is 10.1. The third-order valence-corrected chi connectivity index (χ3v) is 8.82. The Morgan fingerprint density at radius 2 is 1.69 bits per heavy atom. The Balaban J connectivity index is 1.44. The van der Waals surface area contributed by atoms with Gasteiger partial charge in [-0.05, 0) is 37.3 Å². The van der Waals surface area contributed by atoms with Crippen molar-refractivity contribution in [2.75, 3.05) is 19.8 Å². The fourth-order valence-corrected chi connectivity index (χ4v) is 6.72. The average Bonchev–Trinajstić information content (AvgIpc) is 3.70. The van der Waals surface area contributed by atoms with Crippen LogP contribution in [-0.4, -0.2) is 60.7 Å². The Hall–Kier alpha value is -3.08. The molecule has 0 saturated carbocycles. The molecular formula is C29H34FN3O5S. The van der Waals surface area contributed by atoms with Gasteiger partial charge in [-0.1, -0.05) is 48.5 Å². The van der Waals surface area contributed by atoms with E-state index in [4.69, 9.17) is 9.47 Å². The van der Waals surface area contributed by atoms with E-state index < -0.39 is 21.4 Å². The second-order valence-electron chi connectivity index (χ2n) is 10.2. The van der Waals surface area contributed by atoms with Crippen LogP contribution in [0.2, 0.25) is 0 Å². The standard InChI is InChI=1S/C29H34FN3O5S/c30-27-13-5-4-10-23(27)21-39(35,36)29-31-17-24(33(29)20-26-12-7-15-38-26)18-32(19-25-11-6-14-37-25)28(34)16-22-8-2-1-3-9-22/h1-5,8-10,13,17,25-26H,6-7,11-12,14-16,18-21H2/t25-,26-/m0/s1. The van der Waals surface area contributed by atoms with Gasteiger partial charge in [-0.3, -0.25) is 4.79 Å². The van der Waals surface area contributed by atoms with E-state index >= 15 is 0 Å². The van der Waals surface area contributed by atoms with Crippen LogP contribution >= 0.6 is 0 Å². The highest BCUT2D eigenvalue weighted by atomic mass is 32.2. The number of halogens is 1. The zero-order chi connectivity index (χ0) is 27.2. The fourth-order valence-electron chi connectivity index (χ4n) is 5.20. The van der Waals surface area contributed by atoms with Gasteiger partial charge in [0.2, 0.25) is 20.9 Å². The van der Waals surface area contributed by atoms with Crippen LogP contribution in [0.25, 0.3) is 0 Å². The molecule has 0 spiro atoms. The summed E-state index contributed by atoms with van der Waals surface area (Å²) < 4.78 is 54.6. The molecule has 3 heterocycles. The van der Waals surface area contributed by atoms with Crippen LogP contribution < -0.4 is 0 Å². The summed E-state index contributed by atoms with van der Waals surface area (Å²) in [6, 6.07) is 15.4. The van der Waals surface area contributed by atoms with Gasteiger partial charge in [0.15, 0.2) is 0 Å². The monoisotopic (exact) mass is 555 g/mol. The highest BCUT2D eigenvalue weighted by molar-refractivity contribution is 7.90. The molecule has 1 amide bonds. The van der Waals surface area contributed by atoms with Crippen molar-refractivity contribution in [1.29, 1.82) is 0 Å². The first-order valence-corrected chi connectivity index (χ1v) is 15.1. The van der Waals surface area contributed by atoms with Crippen LogP contribution in [0.5, 0.6) is 0 Å². The van der Waals surface area contributed by atoms with Crippen LogP contribution in [0.4, 0.5) is 4.39 Å². The Labute approximate surface area is 228 Å². The van der Waals surface area contributed by atoms with Crippen molar-refractivity contribution < 1.29 is 27.1 Å².